The maximum absolute atomic E-state index is 12.4. The van der Waals surface area contributed by atoms with E-state index in [-0.39, 0.29) is 17.5 Å². The van der Waals surface area contributed by atoms with Crippen molar-refractivity contribution in [2.75, 3.05) is 0 Å². The summed E-state index contributed by atoms with van der Waals surface area (Å²) >= 11 is 0. The smallest absolute Gasteiger partial charge is 0.405 e. The molecule has 5 heteroatoms. The van der Waals surface area contributed by atoms with Gasteiger partial charge < -0.3 is 4.74 Å². The zero-order valence-electron chi connectivity index (χ0n) is 10.6. The number of rotatable bonds is 2. The average molecular weight is 272 g/mol. The normalized spacial score (nSPS) is 17.6. The molecule has 0 heterocycles. The predicted octanol–water partition coefficient (Wildman–Crippen LogP) is 4.12. The van der Waals surface area contributed by atoms with Crippen LogP contribution in [0.5, 0.6) is 5.75 Å². The molecule has 0 unspecified atom stereocenters. The maximum Gasteiger partial charge on any atom is 0.573 e. The molecule has 0 aliphatic heterocycles. The highest BCUT2D eigenvalue weighted by Crippen LogP contribution is 2.38. The van der Waals surface area contributed by atoms with E-state index >= 15 is 0 Å². The fraction of sp³-hybridized carbons (Fsp3) is 0.500. The summed E-state index contributed by atoms with van der Waals surface area (Å²) in [6, 6.07) is 4.68. The molecule has 1 aliphatic carbocycles. The number of hydrogen-bond acceptors (Lipinski definition) is 2. The number of halogens is 3. The topological polar surface area (TPSA) is 26.3 Å². The first-order valence-corrected chi connectivity index (χ1v) is 6.23. The van der Waals surface area contributed by atoms with Gasteiger partial charge in [-0.15, -0.1) is 13.2 Å². The highest BCUT2D eigenvalue weighted by atomic mass is 19.4. The Hall–Kier alpha value is -1.52. The lowest BCUT2D eigenvalue weighted by Crippen LogP contribution is -2.20. The van der Waals surface area contributed by atoms with Crippen LogP contribution in [0.4, 0.5) is 13.2 Å². The lowest BCUT2D eigenvalue weighted by molar-refractivity contribution is -0.275. The Morgan fingerprint density at radius 2 is 1.84 bits per heavy atom. The molecule has 0 radical (unpaired) electrons. The van der Waals surface area contributed by atoms with Gasteiger partial charge >= 0.3 is 6.36 Å². The van der Waals surface area contributed by atoms with Gasteiger partial charge in [0.15, 0.2) is 0 Å². The highest BCUT2D eigenvalue weighted by Gasteiger charge is 2.33. The molecule has 0 bridgehead atoms. The van der Waals surface area contributed by atoms with Crippen LogP contribution < -0.4 is 4.74 Å². The molecule has 2 nitrogen and oxygen atoms in total. The van der Waals surface area contributed by atoms with E-state index in [4.69, 9.17) is 0 Å². The second-order valence-electron chi connectivity index (χ2n) is 4.90. The largest absolute Gasteiger partial charge is 0.573 e. The minimum Gasteiger partial charge on any atom is -0.405 e. The van der Waals surface area contributed by atoms with E-state index in [0.29, 0.717) is 31.2 Å². The van der Waals surface area contributed by atoms with Crippen molar-refractivity contribution in [3.63, 3.8) is 0 Å². The number of alkyl halides is 3. The summed E-state index contributed by atoms with van der Waals surface area (Å²) in [5, 5.41) is 0. The molecule has 1 aromatic carbocycles. The molecular weight excluding hydrogens is 257 g/mol. The molecule has 1 fully saturated rings. The maximum atomic E-state index is 12.4. The zero-order chi connectivity index (χ0) is 14.0. The van der Waals surface area contributed by atoms with Crippen molar-refractivity contribution in [3.05, 3.63) is 29.3 Å². The van der Waals surface area contributed by atoms with E-state index in [2.05, 4.69) is 4.74 Å². The molecule has 19 heavy (non-hydrogen) atoms. The van der Waals surface area contributed by atoms with Crippen LogP contribution in [0, 0.1) is 6.92 Å². The summed E-state index contributed by atoms with van der Waals surface area (Å²) in [5.41, 5.74) is 1.45. The number of hydrogen-bond donors (Lipinski definition) is 0. The molecule has 0 N–H and O–H groups in total. The van der Waals surface area contributed by atoms with Crippen LogP contribution in [-0.2, 0) is 4.79 Å². The van der Waals surface area contributed by atoms with E-state index < -0.39 is 6.36 Å². The van der Waals surface area contributed by atoms with E-state index in [1.165, 1.54) is 6.07 Å². The number of aryl methyl sites for hydroxylation is 1. The Balaban J connectivity index is 2.27. The van der Waals surface area contributed by atoms with Gasteiger partial charge in [-0.1, -0.05) is 17.7 Å². The number of benzene rings is 1. The van der Waals surface area contributed by atoms with Crippen molar-refractivity contribution in [2.24, 2.45) is 0 Å². The number of ketones is 1. The lowest BCUT2D eigenvalue weighted by Gasteiger charge is -2.24. The second kappa shape index (κ2) is 5.23. The van der Waals surface area contributed by atoms with Gasteiger partial charge in [0.2, 0.25) is 0 Å². The van der Waals surface area contributed by atoms with Crippen LogP contribution >= 0.6 is 0 Å². The summed E-state index contributed by atoms with van der Waals surface area (Å²) in [4.78, 5) is 11.2. The van der Waals surface area contributed by atoms with Crippen LogP contribution in [0.3, 0.4) is 0 Å². The summed E-state index contributed by atoms with van der Waals surface area (Å²) < 4.78 is 41.2. The SMILES string of the molecule is Cc1ccc(OC(F)(F)F)c(C2CCC(=O)CC2)c1. The second-order valence-corrected chi connectivity index (χ2v) is 4.90. The molecule has 1 aliphatic rings. The van der Waals surface area contributed by atoms with Crippen molar-refractivity contribution in [2.45, 2.75) is 44.9 Å². The Morgan fingerprint density at radius 1 is 1.21 bits per heavy atom. The minimum absolute atomic E-state index is 0.0325. The monoisotopic (exact) mass is 272 g/mol. The highest BCUT2D eigenvalue weighted by molar-refractivity contribution is 5.79. The first kappa shape index (κ1) is 13.9. The third-order valence-electron chi connectivity index (χ3n) is 3.37. The van der Waals surface area contributed by atoms with Gasteiger partial charge in [-0.05, 0) is 37.3 Å². The summed E-state index contributed by atoms with van der Waals surface area (Å²) in [7, 11) is 0. The van der Waals surface area contributed by atoms with Gasteiger partial charge in [0.1, 0.15) is 11.5 Å². The third-order valence-corrected chi connectivity index (χ3v) is 3.37. The standard InChI is InChI=1S/C14H15F3O2/c1-9-2-7-13(19-14(15,16)17)12(8-9)10-3-5-11(18)6-4-10/h2,7-8,10H,3-6H2,1H3. The Labute approximate surface area is 109 Å². The fourth-order valence-electron chi connectivity index (χ4n) is 2.46. The molecule has 0 saturated heterocycles. The van der Waals surface area contributed by atoms with Crippen LogP contribution in [-0.4, -0.2) is 12.1 Å². The van der Waals surface area contributed by atoms with Crippen molar-refractivity contribution in [1.82, 2.24) is 0 Å². The molecule has 2 rings (SSSR count). The summed E-state index contributed by atoms with van der Waals surface area (Å²) in [6.07, 6.45) is -2.63. The Kier molecular flexibility index (Phi) is 3.83. The summed E-state index contributed by atoms with van der Waals surface area (Å²) in [5.74, 6) is 0.00888. The van der Waals surface area contributed by atoms with E-state index in [9.17, 15) is 18.0 Å². The molecule has 0 atom stereocenters. The van der Waals surface area contributed by atoms with Crippen molar-refractivity contribution >= 4 is 5.78 Å². The van der Waals surface area contributed by atoms with E-state index in [1.807, 2.05) is 6.92 Å². The Bertz CT molecular complexity index is 470. The van der Waals surface area contributed by atoms with Crippen molar-refractivity contribution in [1.29, 1.82) is 0 Å². The van der Waals surface area contributed by atoms with Gasteiger partial charge in [-0.3, -0.25) is 4.79 Å². The van der Waals surface area contributed by atoms with Gasteiger partial charge in [0.25, 0.3) is 0 Å². The van der Waals surface area contributed by atoms with Crippen LogP contribution in [0.1, 0.15) is 42.7 Å². The van der Waals surface area contributed by atoms with Crippen LogP contribution in [0.25, 0.3) is 0 Å². The molecule has 1 saturated carbocycles. The number of carbonyl (C=O) groups excluding carboxylic acids is 1. The molecule has 104 valence electrons. The van der Waals surface area contributed by atoms with Gasteiger partial charge in [0, 0.05) is 12.8 Å². The molecular formula is C14H15F3O2. The first-order chi connectivity index (χ1) is 8.85. The summed E-state index contributed by atoms with van der Waals surface area (Å²) in [6.45, 7) is 1.83. The number of carbonyl (C=O) groups is 1. The fourth-order valence-corrected chi connectivity index (χ4v) is 2.46. The Morgan fingerprint density at radius 3 is 2.42 bits per heavy atom. The van der Waals surface area contributed by atoms with E-state index in [0.717, 1.165) is 5.56 Å². The van der Waals surface area contributed by atoms with Crippen LogP contribution in [0.2, 0.25) is 0 Å². The van der Waals surface area contributed by atoms with Gasteiger partial charge in [0.05, 0.1) is 0 Å². The van der Waals surface area contributed by atoms with Crippen molar-refractivity contribution < 1.29 is 22.7 Å². The van der Waals surface area contributed by atoms with Gasteiger partial charge in [-0.25, -0.2) is 0 Å². The van der Waals surface area contributed by atoms with Crippen molar-refractivity contribution in [3.8, 4) is 5.75 Å². The lowest BCUT2D eigenvalue weighted by atomic mass is 9.82. The quantitative estimate of drug-likeness (QED) is 0.809. The molecule has 0 amide bonds. The predicted molar refractivity (Wildman–Crippen MR) is 64.1 cm³/mol. The molecule has 1 aromatic rings. The molecule has 0 spiro atoms. The van der Waals surface area contributed by atoms with E-state index in [1.54, 1.807) is 12.1 Å². The third kappa shape index (κ3) is 3.72. The van der Waals surface area contributed by atoms with Gasteiger partial charge in [-0.2, -0.15) is 0 Å². The first-order valence-electron chi connectivity index (χ1n) is 6.23. The molecule has 0 aromatic heterocycles. The van der Waals surface area contributed by atoms with Crippen LogP contribution in [0.15, 0.2) is 18.2 Å². The number of Topliss-reactive ketones (excluding diaryl/α,β-unsaturated/α-hetero) is 1. The minimum atomic E-state index is -4.69. The average Bonchev–Trinajstić information content (AvgIpc) is 2.31. The number of ether oxygens (including phenoxy) is 1. The zero-order valence-corrected chi connectivity index (χ0v) is 10.6.